The molecule has 2 aromatic carbocycles. The van der Waals surface area contributed by atoms with Crippen molar-refractivity contribution in [2.45, 2.75) is 58.3 Å². The lowest BCUT2D eigenvalue weighted by atomic mass is 9.97. The Balaban J connectivity index is 1.33. The molecule has 3 aromatic heterocycles. The zero-order chi connectivity index (χ0) is 30.9. The van der Waals surface area contributed by atoms with E-state index in [0.717, 1.165) is 47.8 Å². The topological polar surface area (TPSA) is 101 Å². The fraction of sp³-hybridized carbons (Fsp3) is 0.323. The van der Waals surface area contributed by atoms with Gasteiger partial charge in [0.1, 0.15) is 11.3 Å². The van der Waals surface area contributed by atoms with Gasteiger partial charge in [0, 0.05) is 32.8 Å². The van der Waals surface area contributed by atoms with Crippen molar-refractivity contribution in [2.24, 2.45) is 5.92 Å². The summed E-state index contributed by atoms with van der Waals surface area (Å²) >= 11 is 2.95. The molecule has 1 aliphatic carbocycles. The standard InChI is InChI=1S/C31H27BrF3N7O2/c1-16-11-23-26(15-40(16)29(43)20-7-10-25(32)24(13-20)31(33,34)35)42-28(21(14-36-42)12-18-3-4-18)41(30(23)44)22-8-5-19(6-9-22)27-17(2)37-39-38-27/h5-10,13-14,16,18H,3-4,11-12,15H2,1-2H3,(H,37,38,39)/t16-/m0/s1. The maximum Gasteiger partial charge on any atom is 0.417 e. The number of H-pyrrole nitrogens is 1. The number of nitrogens with zero attached hydrogens (tertiary/aromatic N) is 6. The number of rotatable bonds is 5. The first-order valence-electron chi connectivity index (χ1n) is 14.3. The number of halogens is 4. The van der Waals surface area contributed by atoms with Crippen LogP contribution in [0.2, 0.25) is 0 Å². The molecule has 44 heavy (non-hydrogen) atoms. The van der Waals surface area contributed by atoms with Gasteiger partial charge in [0.25, 0.3) is 11.5 Å². The molecule has 2 aliphatic rings. The van der Waals surface area contributed by atoms with Crippen LogP contribution < -0.4 is 5.56 Å². The Kier molecular flexibility index (Phi) is 6.76. The molecule has 9 nitrogen and oxygen atoms in total. The van der Waals surface area contributed by atoms with E-state index in [4.69, 9.17) is 5.10 Å². The van der Waals surface area contributed by atoms with Crippen molar-refractivity contribution < 1.29 is 18.0 Å². The summed E-state index contributed by atoms with van der Waals surface area (Å²) in [6, 6.07) is 10.6. The summed E-state index contributed by atoms with van der Waals surface area (Å²) in [6.45, 7) is 3.70. The summed E-state index contributed by atoms with van der Waals surface area (Å²) in [5.41, 5.74) is 4.50. The molecular formula is C31H27BrF3N7O2. The molecule has 0 bridgehead atoms. The maximum absolute atomic E-state index is 14.3. The Morgan fingerprint density at radius 2 is 1.86 bits per heavy atom. The Morgan fingerprint density at radius 3 is 2.52 bits per heavy atom. The van der Waals surface area contributed by atoms with Crippen molar-refractivity contribution in [3.05, 3.63) is 97.1 Å². The van der Waals surface area contributed by atoms with E-state index in [1.165, 1.54) is 17.0 Å². The molecule has 5 aromatic rings. The second-order valence-electron chi connectivity index (χ2n) is 11.6. The van der Waals surface area contributed by atoms with Crippen molar-refractivity contribution in [1.82, 2.24) is 34.5 Å². The number of carbonyl (C=O) groups excluding carboxylic acids is 1. The number of amides is 1. The first-order valence-corrected chi connectivity index (χ1v) is 15.1. The van der Waals surface area contributed by atoms with Gasteiger partial charge in [0.2, 0.25) is 0 Å². The van der Waals surface area contributed by atoms with Gasteiger partial charge in [-0.05, 0) is 75.8 Å². The number of alkyl halides is 3. The fourth-order valence-corrected chi connectivity index (χ4v) is 6.51. The van der Waals surface area contributed by atoms with Crippen LogP contribution in [0.1, 0.15) is 58.2 Å². The first-order chi connectivity index (χ1) is 21.0. The van der Waals surface area contributed by atoms with Gasteiger partial charge in [-0.1, -0.05) is 28.1 Å². The van der Waals surface area contributed by atoms with Crippen LogP contribution in [0.4, 0.5) is 13.2 Å². The van der Waals surface area contributed by atoms with E-state index in [0.29, 0.717) is 28.5 Å². The van der Waals surface area contributed by atoms with Gasteiger partial charge in [-0.25, -0.2) is 4.52 Å². The van der Waals surface area contributed by atoms with Gasteiger partial charge in [-0.15, -0.1) is 0 Å². The average Bonchev–Trinajstić information content (AvgIpc) is 3.56. The molecule has 1 saturated carbocycles. The quantitative estimate of drug-likeness (QED) is 0.252. The minimum absolute atomic E-state index is 0.0360. The number of nitrogens with one attached hydrogen (secondary N) is 1. The van der Waals surface area contributed by atoms with E-state index in [2.05, 4.69) is 31.3 Å². The number of carbonyl (C=O) groups is 1. The third kappa shape index (κ3) is 4.83. The average molecular weight is 667 g/mol. The minimum atomic E-state index is -4.62. The summed E-state index contributed by atoms with van der Waals surface area (Å²) in [5.74, 6) is -0.0130. The van der Waals surface area contributed by atoms with Crippen LogP contribution in [0, 0.1) is 12.8 Å². The van der Waals surface area contributed by atoms with Crippen LogP contribution in [0.3, 0.4) is 0 Å². The van der Waals surface area contributed by atoms with Crippen LogP contribution in [0.5, 0.6) is 0 Å². The molecule has 1 fully saturated rings. The van der Waals surface area contributed by atoms with Gasteiger partial charge in [-0.2, -0.15) is 33.7 Å². The van der Waals surface area contributed by atoms with E-state index in [1.807, 2.05) is 31.2 Å². The van der Waals surface area contributed by atoms with E-state index in [9.17, 15) is 22.8 Å². The predicted molar refractivity (Wildman–Crippen MR) is 160 cm³/mol. The van der Waals surface area contributed by atoms with Crippen molar-refractivity contribution in [3.8, 4) is 16.9 Å². The van der Waals surface area contributed by atoms with Crippen molar-refractivity contribution in [2.75, 3.05) is 0 Å². The fourth-order valence-electron chi connectivity index (χ4n) is 6.04. The second-order valence-corrected chi connectivity index (χ2v) is 12.5. The van der Waals surface area contributed by atoms with E-state index < -0.39 is 23.7 Å². The number of hydrogen-bond acceptors (Lipinski definition) is 5. The van der Waals surface area contributed by atoms with E-state index >= 15 is 0 Å². The third-order valence-corrected chi connectivity index (χ3v) is 9.24. The lowest BCUT2D eigenvalue weighted by molar-refractivity contribution is -0.138. The van der Waals surface area contributed by atoms with Crippen LogP contribution in [0.25, 0.3) is 22.6 Å². The molecule has 13 heteroatoms. The Morgan fingerprint density at radius 1 is 1.11 bits per heavy atom. The maximum atomic E-state index is 14.3. The van der Waals surface area contributed by atoms with E-state index in [1.54, 1.807) is 22.2 Å². The molecule has 1 amide bonds. The molecule has 1 atom stereocenters. The van der Waals surface area contributed by atoms with Crippen LogP contribution >= 0.6 is 15.9 Å². The number of aromatic nitrogens is 6. The smallest absolute Gasteiger partial charge is 0.330 e. The molecule has 0 spiro atoms. The Hall–Kier alpha value is -4.26. The highest BCUT2D eigenvalue weighted by atomic mass is 79.9. The number of benzene rings is 2. The molecule has 4 heterocycles. The van der Waals surface area contributed by atoms with Crippen LogP contribution in [-0.2, 0) is 25.6 Å². The molecule has 0 radical (unpaired) electrons. The van der Waals surface area contributed by atoms with Crippen molar-refractivity contribution in [3.63, 3.8) is 0 Å². The highest BCUT2D eigenvalue weighted by Gasteiger charge is 2.37. The van der Waals surface area contributed by atoms with Gasteiger partial charge >= 0.3 is 6.18 Å². The number of aryl methyl sites for hydroxylation is 1. The number of fused-ring (bicyclic) bond motifs is 3. The zero-order valence-electron chi connectivity index (χ0n) is 23.8. The molecule has 0 saturated heterocycles. The zero-order valence-corrected chi connectivity index (χ0v) is 25.4. The first kappa shape index (κ1) is 28.5. The largest absolute Gasteiger partial charge is 0.417 e. The van der Waals surface area contributed by atoms with Gasteiger partial charge < -0.3 is 4.90 Å². The van der Waals surface area contributed by atoms with E-state index in [-0.39, 0.29) is 28.6 Å². The third-order valence-electron chi connectivity index (χ3n) is 8.55. The molecular weight excluding hydrogens is 639 g/mol. The lowest BCUT2D eigenvalue weighted by Crippen LogP contribution is -2.46. The highest BCUT2D eigenvalue weighted by Crippen LogP contribution is 2.37. The minimum Gasteiger partial charge on any atom is -0.330 e. The Labute approximate surface area is 257 Å². The summed E-state index contributed by atoms with van der Waals surface area (Å²) in [6.07, 6.45) is 0.399. The summed E-state index contributed by atoms with van der Waals surface area (Å²) < 4.78 is 44.1. The summed E-state index contributed by atoms with van der Waals surface area (Å²) in [7, 11) is 0. The summed E-state index contributed by atoms with van der Waals surface area (Å²) in [5, 5.41) is 15.6. The molecule has 1 N–H and O–H groups in total. The van der Waals surface area contributed by atoms with Crippen LogP contribution in [0.15, 0.2) is 57.9 Å². The van der Waals surface area contributed by atoms with Gasteiger partial charge in [-0.3, -0.25) is 14.2 Å². The van der Waals surface area contributed by atoms with Gasteiger partial charge in [0.05, 0.1) is 35.4 Å². The number of hydrogen-bond donors (Lipinski definition) is 1. The SMILES string of the molecule is Cc1n[nH]nc1-c1ccc(-n2c(=O)c3c(n4ncc(CC5CC5)c24)CN(C(=O)c2ccc(Br)c(C(F)(F)F)c2)[C@@H](C)C3)cc1. The van der Waals surface area contributed by atoms with Crippen molar-refractivity contribution in [1.29, 1.82) is 0 Å². The lowest BCUT2D eigenvalue weighted by Gasteiger charge is -2.35. The molecule has 1 aliphatic heterocycles. The second kappa shape index (κ2) is 10.4. The molecule has 0 unspecified atom stereocenters. The monoisotopic (exact) mass is 665 g/mol. The Bertz CT molecular complexity index is 1990. The number of aromatic amines is 1. The van der Waals surface area contributed by atoms with Crippen molar-refractivity contribution >= 4 is 27.5 Å². The molecule has 226 valence electrons. The summed E-state index contributed by atoms with van der Waals surface area (Å²) in [4.78, 5) is 29.5. The highest BCUT2D eigenvalue weighted by molar-refractivity contribution is 9.10. The van der Waals surface area contributed by atoms with Gasteiger partial charge in [0.15, 0.2) is 0 Å². The van der Waals surface area contributed by atoms with Crippen LogP contribution in [-0.4, -0.2) is 46.4 Å². The predicted octanol–water partition coefficient (Wildman–Crippen LogP) is 5.90. The normalized spacial score (nSPS) is 16.9. The molecule has 7 rings (SSSR count).